The van der Waals surface area contributed by atoms with E-state index in [1.165, 1.54) is 0 Å². The molecular weight excluding hydrogens is 184 g/mol. The van der Waals surface area contributed by atoms with Gasteiger partial charge < -0.3 is 5.11 Å². The lowest BCUT2D eigenvalue weighted by atomic mass is 10.0. The summed E-state index contributed by atoms with van der Waals surface area (Å²) in [5, 5.41) is 13.9. The number of phenolic OH excluding ortho intramolecular Hbond substituents is 1. The Labute approximate surface area is 87.6 Å². The predicted octanol–water partition coefficient (Wildman–Crippen LogP) is 3.50. The van der Waals surface area contributed by atoms with E-state index in [1.807, 2.05) is 42.5 Å². The van der Waals surface area contributed by atoms with E-state index >= 15 is 0 Å². The van der Waals surface area contributed by atoms with E-state index in [0.29, 0.717) is 5.75 Å². The zero-order chi connectivity index (χ0) is 10.3. The fourth-order valence-electron chi connectivity index (χ4n) is 1.96. The molecule has 3 aromatic rings. The maximum Gasteiger partial charge on any atom is 0.124 e. The van der Waals surface area contributed by atoms with Gasteiger partial charge in [0.05, 0.1) is 0 Å². The molecule has 0 aliphatic carbocycles. The quantitative estimate of drug-likeness (QED) is 0.542. The molecule has 0 saturated heterocycles. The molecule has 71 valence electrons. The summed E-state index contributed by atoms with van der Waals surface area (Å²) < 4.78 is 0. The number of aromatic hydroxyl groups is 1. The second-order valence-electron chi connectivity index (χ2n) is 3.57. The monoisotopic (exact) mass is 193 g/mol. The summed E-state index contributed by atoms with van der Waals surface area (Å²) >= 11 is 0. The molecule has 1 heteroatoms. The summed E-state index contributed by atoms with van der Waals surface area (Å²) in [5.74, 6) is 0.320. The van der Waals surface area contributed by atoms with Crippen LogP contribution in [0, 0.1) is 6.07 Å². The number of hydrogen-bond donors (Lipinski definition) is 1. The molecule has 0 saturated carbocycles. The van der Waals surface area contributed by atoms with Gasteiger partial charge in [0.15, 0.2) is 0 Å². The van der Waals surface area contributed by atoms with Gasteiger partial charge in [0.1, 0.15) is 5.75 Å². The van der Waals surface area contributed by atoms with Crippen molar-refractivity contribution < 1.29 is 5.11 Å². The summed E-state index contributed by atoms with van der Waals surface area (Å²) in [6.07, 6.45) is 0. The third-order valence-electron chi connectivity index (χ3n) is 2.66. The van der Waals surface area contributed by atoms with E-state index in [2.05, 4.69) is 6.07 Å². The van der Waals surface area contributed by atoms with Crippen molar-refractivity contribution in [3.05, 3.63) is 54.6 Å². The molecule has 0 aliphatic rings. The van der Waals surface area contributed by atoms with Crippen molar-refractivity contribution in [1.82, 2.24) is 0 Å². The fourth-order valence-corrected chi connectivity index (χ4v) is 1.96. The van der Waals surface area contributed by atoms with Gasteiger partial charge in [0, 0.05) is 5.39 Å². The van der Waals surface area contributed by atoms with Crippen molar-refractivity contribution in [2.45, 2.75) is 0 Å². The Hall–Kier alpha value is -2.02. The minimum Gasteiger partial charge on any atom is -0.507 e. The summed E-state index contributed by atoms with van der Waals surface area (Å²) in [6.45, 7) is 0. The minimum absolute atomic E-state index is 0.320. The first-order chi connectivity index (χ1) is 7.36. The van der Waals surface area contributed by atoms with Crippen molar-refractivity contribution in [1.29, 1.82) is 0 Å². The van der Waals surface area contributed by atoms with Crippen LogP contribution >= 0.6 is 0 Å². The highest BCUT2D eigenvalue weighted by atomic mass is 16.3. The van der Waals surface area contributed by atoms with Crippen molar-refractivity contribution in [2.75, 3.05) is 0 Å². The van der Waals surface area contributed by atoms with Crippen LogP contribution in [0.25, 0.3) is 21.5 Å². The molecule has 0 heterocycles. The van der Waals surface area contributed by atoms with Crippen LogP contribution in [0.2, 0.25) is 0 Å². The highest BCUT2D eigenvalue weighted by molar-refractivity contribution is 6.09. The Balaban J connectivity index is 2.64. The lowest BCUT2D eigenvalue weighted by molar-refractivity contribution is 0.482. The van der Waals surface area contributed by atoms with Crippen LogP contribution in [0.15, 0.2) is 48.5 Å². The first kappa shape index (κ1) is 8.30. The van der Waals surface area contributed by atoms with Gasteiger partial charge in [-0.3, -0.25) is 0 Å². The standard InChI is InChI=1S/C14H9O/c15-14-9-10-5-1-2-6-11(10)12-7-3-4-8-13(12)14/h1-4,6-9,15H. The summed E-state index contributed by atoms with van der Waals surface area (Å²) in [5.41, 5.74) is 0. The van der Waals surface area contributed by atoms with E-state index < -0.39 is 0 Å². The van der Waals surface area contributed by atoms with Crippen molar-refractivity contribution >= 4 is 21.5 Å². The molecule has 0 fully saturated rings. The van der Waals surface area contributed by atoms with Gasteiger partial charge in [0.25, 0.3) is 0 Å². The zero-order valence-electron chi connectivity index (χ0n) is 8.07. The fraction of sp³-hybridized carbons (Fsp3) is 0. The Bertz CT molecular complexity index is 641. The van der Waals surface area contributed by atoms with Gasteiger partial charge in [-0.1, -0.05) is 42.5 Å². The molecule has 1 N–H and O–H groups in total. The third kappa shape index (κ3) is 1.17. The molecule has 0 unspecified atom stereocenters. The number of phenols is 1. The van der Waals surface area contributed by atoms with E-state index in [9.17, 15) is 5.11 Å². The van der Waals surface area contributed by atoms with Crippen LogP contribution < -0.4 is 0 Å². The maximum atomic E-state index is 9.85. The second kappa shape index (κ2) is 2.99. The predicted molar refractivity (Wildman–Crippen MR) is 62.0 cm³/mol. The van der Waals surface area contributed by atoms with Gasteiger partial charge in [0.2, 0.25) is 0 Å². The minimum atomic E-state index is 0.320. The van der Waals surface area contributed by atoms with Gasteiger partial charge in [-0.2, -0.15) is 0 Å². The van der Waals surface area contributed by atoms with Gasteiger partial charge in [-0.25, -0.2) is 0 Å². The first-order valence-electron chi connectivity index (χ1n) is 4.87. The van der Waals surface area contributed by atoms with Crippen LogP contribution in [-0.4, -0.2) is 5.11 Å². The largest absolute Gasteiger partial charge is 0.507 e. The van der Waals surface area contributed by atoms with E-state index in [4.69, 9.17) is 0 Å². The van der Waals surface area contributed by atoms with E-state index in [0.717, 1.165) is 21.5 Å². The Kier molecular flexibility index (Phi) is 1.65. The van der Waals surface area contributed by atoms with E-state index in [-0.39, 0.29) is 0 Å². The second-order valence-corrected chi connectivity index (χ2v) is 3.57. The van der Waals surface area contributed by atoms with Crippen molar-refractivity contribution in [3.8, 4) is 5.75 Å². The van der Waals surface area contributed by atoms with Crippen molar-refractivity contribution in [3.63, 3.8) is 0 Å². The number of rotatable bonds is 0. The lowest BCUT2D eigenvalue weighted by Gasteiger charge is -2.05. The van der Waals surface area contributed by atoms with Crippen LogP contribution in [0.4, 0.5) is 0 Å². The first-order valence-corrected chi connectivity index (χ1v) is 4.87. The molecule has 3 aromatic carbocycles. The van der Waals surface area contributed by atoms with Gasteiger partial charge in [-0.15, -0.1) is 0 Å². The molecule has 0 aliphatic heterocycles. The number of hydrogen-bond acceptors (Lipinski definition) is 1. The Morgan fingerprint density at radius 2 is 1.60 bits per heavy atom. The molecular formula is C14H9O. The van der Waals surface area contributed by atoms with Crippen LogP contribution in [0.1, 0.15) is 0 Å². The number of benzene rings is 3. The highest BCUT2D eigenvalue weighted by Gasteiger charge is 2.03. The molecule has 0 aromatic heterocycles. The molecule has 1 nitrogen and oxygen atoms in total. The molecule has 0 spiro atoms. The SMILES string of the molecule is Oc1cc2[c]cccc2c2ccccc12. The number of fused-ring (bicyclic) bond motifs is 3. The average Bonchev–Trinajstić information content (AvgIpc) is 2.30. The normalized spacial score (nSPS) is 10.9. The smallest absolute Gasteiger partial charge is 0.124 e. The van der Waals surface area contributed by atoms with Crippen molar-refractivity contribution in [2.24, 2.45) is 0 Å². The summed E-state index contributed by atoms with van der Waals surface area (Å²) in [7, 11) is 0. The zero-order valence-corrected chi connectivity index (χ0v) is 8.07. The summed E-state index contributed by atoms with van der Waals surface area (Å²) in [4.78, 5) is 0. The Morgan fingerprint density at radius 1 is 0.867 bits per heavy atom. The van der Waals surface area contributed by atoms with Crippen LogP contribution in [0.5, 0.6) is 5.75 Å². The lowest BCUT2D eigenvalue weighted by Crippen LogP contribution is -1.78. The van der Waals surface area contributed by atoms with E-state index in [1.54, 1.807) is 6.07 Å². The summed E-state index contributed by atoms with van der Waals surface area (Å²) in [6, 6.07) is 18.6. The molecule has 0 atom stereocenters. The molecule has 1 radical (unpaired) electrons. The van der Waals surface area contributed by atoms with Crippen LogP contribution in [-0.2, 0) is 0 Å². The maximum absolute atomic E-state index is 9.85. The average molecular weight is 193 g/mol. The molecule has 3 rings (SSSR count). The topological polar surface area (TPSA) is 20.2 Å². The van der Waals surface area contributed by atoms with Gasteiger partial charge in [-0.05, 0) is 28.3 Å². The van der Waals surface area contributed by atoms with Crippen LogP contribution in [0.3, 0.4) is 0 Å². The molecule has 0 bridgehead atoms. The van der Waals surface area contributed by atoms with Gasteiger partial charge >= 0.3 is 0 Å². The Morgan fingerprint density at radius 3 is 2.47 bits per heavy atom. The third-order valence-corrected chi connectivity index (χ3v) is 2.66. The molecule has 0 amide bonds. The molecule has 15 heavy (non-hydrogen) atoms. The highest BCUT2D eigenvalue weighted by Crippen LogP contribution is 2.31.